The lowest BCUT2D eigenvalue weighted by Gasteiger charge is -2.17. The molecule has 0 heterocycles. The zero-order valence-electron chi connectivity index (χ0n) is 11.9. The number of unbranched alkanes of at least 4 members (excludes halogenated alkanes) is 2. The van der Waals surface area contributed by atoms with E-state index in [1.165, 1.54) is 38.5 Å². The third-order valence-electron chi connectivity index (χ3n) is 3.36. The Morgan fingerprint density at radius 2 is 2.11 bits per heavy atom. The van der Waals surface area contributed by atoms with Gasteiger partial charge in [0.2, 0.25) is 0 Å². The molecule has 0 aromatic heterocycles. The number of aliphatic imine (C=N–C) groups is 1. The Kier molecular flexibility index (Phi) is 11.4. The molecule has 0 amide bonds. The monoisotopic (exact) mass is 385 g/mol. The average molecular weight is 385 g/mol. The lowest BCUT2D eigenvalue weighted by Crippen LogP contribution is -2.42. The van der Waals surface area contributed by atoms with Gasteiger partial charge in [0.05, 0.1) is 0 Å². The highest BCUT2D eigenvalue weighted by atomic mass is 127. The number of hydrogen-bond donors (Lipinski definition) is 2. The van der Waals surface area contributed by atoms with Gasteiger partial charge in [-0.15, -0.1) is 24.0 Å². The molecular formula is C13H28IN3S. The van der Waals surface area contributed by atoms with E-state index in [-0.39, 0.29) is 24.0 Å². The summed E-state index contributed by atoms with van der Waals surface area (Å²) in [5.74, 6) is 0.979. The summed E-state index contributed by atoms with van der Waals surface area (Å²) in [4.78, 5) is 4.29. The minimum Gasteiger partial charge on any atom is -0.356 e. The smallest absolute Gasteiger partial charge is 0.191 e. The fraction of sp³-hybridized carbons (Fsp3) is 0.923. The molecule has 1 aliphatic carbocycles. The molecule has 2 N–H and O–H groups in total. The molecule has 0 saturated heterocycles. The van der Waals surface area contributed by atoms with E-state index in [0.717, 1.165) is 17.8 Å². The van der Waals surface area contributed by atoms with Gasteiger partial charge in [0.25, 0.3) is 0 Å². The summed E-state index contributed by atoms with van der Waals surface area (Å²) < 4.78 is 0. The molecule has 108 valence electrons. The van der Waals surface area contributed by atoms with Crippen LogP contribution < -0.4 is 10.6 Å². The highest BCUT2D eigenvalue weighted by Crippen LogP contribution is 2.27. The van der Waals surface area contributed by atoms with E-state index in [1.54, 1.807) is 0 Å². The first kappa shape index (κ1) is 18.4. The Balaban J connectivity index is 0.00000289. The van der Waals surface area contributed by atoms with Crippen molar-refractivity contribution in [3.05, 3.63) is 0 Å². The number of nitrogens with zero attached hydrogens (tertiary/aromatic N) is 1. The van der Waals surface area contributed by atoms with Crippen molar-refractivity contribution in [2.24, 2.45) is 4.99 Å². The maximum atomic E-state index is 4.29. The van der Waals surface area contributed by atoms with Gasteiger partial charge in [-0.05, 0) is 31.9 Å². The van der Waals surface area contributed by atoms with Crippen LogP contribution in [-0.4, -0.2) is 37.1 Å². The predicted molar refractivity (Wildman–Crippen MR) is 94.4 cm³/mol. The van der Waals surface area contributed by atoms with Gasteiger partial charge >= 0.3 is 0 Å². The van der Waals surface area contributed by atoms with Gasteiger partial charge < -0.3 is 10.6 Å². The summed E-state index contributed by atoms with van der Waals surface area (Å²) in [6.45, 7) is 3.26. The van der Waals surface area contributed by atoms with E-state index in [2.05, 4.69) is 28.8 Å². The van der Waals surface area contributed by atoms with E-state index in [0.29, 0.717) is 6.04 Å². The minimum atomic E-state index is 0. The van der Waals surface area contributed by atoms with E-state index < -0.39 is 0 Å². The first-order valence-electron chi connectivity index (χ1n) is 6.80. The lowest BCUT2D eigenvalue weighted by molar-refractivity contribution is 0.607. The van der Waals surface area contributed by atoms with Crippen molar-refractivity contribution in [2.45, 2.75) is 56.7 Å². The van der Waals surface area contributed by atoms with Crippen molar-refractivity contribution in [2.75, 3.05) is 19.8 Å². The quantitative estimate of drug-likeness (QED) is 0.319. The molecule has 18 heavy (non-hydrogen) atoms. The molecule has 1 aliphatic rings. The average Bonchev–Trinajstić information content (AvgIpc) is 2.80. The van der Waals surface area contributed by atoms with Crippen LogP contribution in [-0.2, 0) is 0 Å². The first-order valence-corrected chi connectivity index (χ1v) is 8.09. The van der Waals surface area contributed by atoms with Crippen LogP contribution in [0.2, 0.25) is 0 Å². The highest BCUT2D eigenvalue weighted by molar-refractivity contribution is 14.0. The number of hydrogen-bond acceptors (Lipinski definition) is 2. The molecular weight excluding hydrogens is 357 g/mol. The molecule has 1 rings (SSSR count). The minimum absolute atomic E-state index is 0. The van der Waals surface area contributed by atoms with Crippen molar-refractivity contribution in [1.82, 2.24) is 10.6 Å². The van der Waals surface area contributed by atoms with Gasteiger partial charge in [-0.2, -0.15) is 11.8 Å². The third kappa shape index (κ3) is 7.07. The van der Waals surface area contributed by atoms with E-state index in [9.17, 15) is 0 Å². The standard InChI is InChI=1S/C13H27N3S.HI/c1-4-5-6-9-15-13(14-2)16-11-7-8-12(10-11)17-3;/h11-12H,4-10H2,1-3H3,(H2,14,15,16);1H. The van der Waals surface area contributed by atoms with Crippen LogP contribution >= 0.6 is 35.7 Å². The van der Waals surface area contributed by atoms with Crippen LogP contribution in [0.4, 0.5) is 0 Å². The molecule has 3 nitrogen and oxygen atoms in total. The maximum absolute atomic E-state index is 4.29. The normalized spacial score (nSPS) is 23.6. The van der Waals surface area contributed by atoms with Crippen LogP contribution in [0.3, 0.4) is 0 Å². The van der Waals surface area contributed by atoms with Crippen LogP contribution in [0, 0.1) is 0 Å². The van der Waals surface area contributed by atoms with E-state index in [4.69, 9.17) is 0 Å². The summed E-state index contributed by atoms with van der Waals surface area (Å²) in [6.07, 6.45) is 9.90. The summed E-state index contributed by atoms with van der Waals surface area (Å²) in [5.41, 5.74) is 0. The van der Waals surface area contributed by atoms with Crippen LogP contribution in [0.25, 0.3) is 0 Å². The highest BCUT2D eigenvalue weighted by Gasteiger charge is 2.24. The zero-order chi connectivity index (χ0) is 12.5. The van der Waals surface area contributed by atoms with Crippen molar-refractivity contribution in [3.63, 3.8) is 0 Å². The predicted octanol–water partition coefficient (Wildman–Crippen LogP) is 3.24. The number of nitrogens with one attached hydrogen (secondary N) is 2. The summed E-state index contributed by atoms with van der Waals surface area (Å²) >= 11 is 2.00. The van der Waals surface area contributed by atoms with Crippen LogP contribution in [0.1, 0.15) is 45.4 Å². The van der Waals surface area contributed by atoms with Crippen molar-refractivity contribution in [3.8, 4) is 0 Å². The number of guanidine groups is 1. The molecule has 1 saturated carbocycles. The Morgan fingerprint density at radius 3 is 2.67 bits per heavy atom. The topological polar surface area (TPSA) is 36.4 Å². The molecule has 0 aliphatic heterocycles. The number of rotatable bonds is 6. The second kappa shape index (κ2) is 11.2. The van der Waals surface area contributed by atoms with Crippen molar-refractivity contribution >= 4 is 41.7 Å². The van der Waals surface area contributed by atoms with Crippen LogP contribution in [0.5, 0.6) is 0 Å². The van der Waals surface area contributed by atoms with Gasteiger partial charge in [0.1, 0.15) is 0 Å². The molecule has 2 atom stereocenters. The van der Waals surface area contributed by atoms with Gasteiger partial charge in [-0.3, -0.25) is 4.99 Å². The Hall–Kier alpha value is 0.350. The second-order valence-corrected chi connectivity index (χ2v) is 5.86. The molecule has 0 spiro atoms. The molecule has 2 unspecified atom stereocenters. The van der Waals surface area contributed by atoms with Gasteiger partial charge in [-0.25, -0.2) is 0 Å². The largest absolute Gasteiger partial charge is 0.356 e. The molecule has 1 fully saturated rings. The fourth-order valence-electron chi connectivity index (χ4n) is 2.26. The molecule has 0 bridgehead atoms. The lowest BCUT2D eigenvalue weighted by atomic mass is 10.2. The Labute approximate surface area is 133 Å². The Morgan fingerprint density at radius 1 is 1.33 bits per heavy atom. The van der Waals surface area contributed by atoms with Crippen molar-refractivity contribution < 1.29 is 0 Å². The molecule has 0 aromatic carbocycles. The SMILES string of the molecule is CCCCCNC(=NC)NC1CCC(SC)C1.I. The van der Waals surface area contributed by atoms with Gasteiger partial charge in [0, 0.05) is 24.9 Å². The summed E-state index contributed by atoms with van der Waals surface area (Å²) in [6, 6.07) is 0.616. The second-order valence-electron chi connectivity index (χ2n) is 4.72. The van der Waals surface area contributed by atoms with Crippen molar-refractivity contribution in [1.29, 1.82) is 0 Å². The van der Waals surface area contributed by atoms with E-state index in [1.807, 2.05) is 18.8 Å². The fourth-order valence-corrected chi connectivity index (χ4v) is 3.05. The van der Waals surface area contributed by atoms with Crippen LogP contribution in [0.15, 0.2) is 4.99 Å². The Bertz CT molecular complexity index is 236. The maximum Gasteiger partial charge on any atom is 0.191 e. The number of thioether (sulfide) groups is 1. The first-order chi connectivity index (χ1) is 8.30. The summed E-state index contributed by atoms with van der Waals surface area (Å²) in [7, 11) is 1.86. The molecule has 0 radical (unpaired) electrons. The number of halogens is 1. The molecule has 0 aromatic rings. The zero-order valence-corrected chi connectivity index (χ0v) is 15.0. The van der Waals surface area contributed by atoms with Gasteiger partial charge in [0.15, 0.2) is 5.96 Å². The third-order valence-corrected chi connectivity index (χ3v) is 4.45. The summed E-state index contributed by atoms with van der Waals surface area (Å²) in [5, 5.41) is 7.77. The van der Waals surface area contributed by atoms with Gasteiger partial charge in [-0.1, -0.05) is 19.8 Å². The van der Waals surface area contributed by atoms with E-state index >= 15 is 0 Å². The molecule has 5 heteroatoms.